The van der Waals surface area contributed by atoms with Crippen LogP contribution >= 0.6 is 11.6 Å². The summed E-state index contributed by atoms with van der Waals surface area (Å²) in [5.74, 6) is -0.493. The van der Waals surface area contributed by atoms with Crippen molar-refractivity contribution in [3.05, 3.63) is 106 Å². The largest absolute Gasteiger partial charge is 0.335 e. The minimum atomic E-state index is -3.80. The number of rotatable bonds is 9. The number of carbonyl (C=O) groups excluding carboxylic acids is 2. The first-order valence-corrected chi connectivity index (χ1v) is 16.2. The van der Waals surface area contributed by atoms with E-state index in [4.69, 9.17) is 11.6 Å². The van der Waals surface area contributed by atoms with Gasteiger partial charge in [-0.1, -0.05) is 78.3 Å². The van der Waals surface area contributed by atoms with Gasteiger partial charge in [-0.15, -0.1) is 0 Å². The first kappa shape index (κ1) is 34.0. The molecule has 2 N–H and O–H groups in total. The van der Waals surface area contributed by atoms with E-state index in [-0.39, 0.29) is 34.8 Å². The van der Waals surface area contributed by atoms with Gasteiger partial charge in [0.15, 0.2) is 0 Å². The summed E-state index contributed by atoms with van der Waals surface area (Å²) in [6.45, 7) is 10.2. The number of amides is 2. The second-order valence-corrected chi connectivity index (χ2v) is 12.5. The molecule has 2 amide bonds. The summed E-state index contributed by atoms with van der Waals surface area (Å²) in [5, 5.41) is 3.36. The number of hydrogen-bond acceptors (Lipinski definition) is 5. The van der Waals surface area contributed by atoms with Crippen molar-refractivity contribution < 1.29 is 18.0 Å². The van der Waals surface area contributed by atoms with Crippen LogP contribution < -0.4 is 10.0 Å². The smallest absolute Gasteiger partial charge is 0.270 e. The van der Waals surface area contributed by atoms with Gasteiger partial charge in [0.25, 0.3) is 5.91 Å². The van der Waals surface area contributed by atoms with E-state index in [1.54, 1.807) is 17.0 Å². The van der Waals surface area contributed by atoms with E-state index in [2.05, 4.69) is 48.2 Å². The summed E-state index contributed by atoms with van der Waals surface area (Å²) >= 11 is 6.03. The molecule has 1 aliphatic heterocycles. The molecule has 0 spiro atoms. The number of allylic oxidation sites excluding steroid dienone is 1. The van der Waals surface area contributed by atoms with E-state index in [0.29, 0.717) is 43.9 Å². The first-order chi connectivity index (χ1) is 20.5. The maximum absolute atomic E-state index is 13.6. The van der Waals surface area contributed by atoms with Crippen molar-refractivity contribution in [2.45, 2.75) is 39.0 Å². The fourth-order valence-electron chi connectivity index (χ4n) is 4.59. The van der Waals surface area contributed by atoms with E-state index in [1.807, 2.05) is 37.3 Å². The SMILES string of the molecule is CC(=O)N(CCCNS(=O)(=O)c1ccccc1Cl)/C(C(=O)N1CCNCC1)=C(\C)c1ccccc1.Cc1ccccc1C. The second kappa shape index (κ2) is 16.4. The lowest BCUT2D eigenvalue weighted by Crippen LogP contribution is -2.49. The Bertz CT molecular complexity index is 1500. The lowest BCUT2D eigenvalue weighted by atomic mass is 10.0. The quantitative estimate of drug-likeness (QED) is 0.257. The fourth-order valence-corrected chi connectivity index (χ4v) is 6.19. The molecule has 8 nitrogen and oxygen atoms in total. The average molecular weight is 625 g/mol. The Balaban J connectivity index is 0.000000546. The number of halogens is 1. The Morgan fingerprint density at radius 3 is 2.00 bits per heavy atom. The zero-order valence-corrected chi connectivity index (χ0v) is 26.8. The summed E-state index contributed by atoms with van der Waals surface area (Å²) in [6.07, 6.45) is 0.309. The van der Waals surface area contributed by atoms with Crippen molar-refractivity contribution >= 4 is 39.0 Å². The van der Waals surface area contributed by atoms with E-state index < -0.39 is 10.0 Å². The zero-order valence-electron chi connectivity index (χ0n) is 25.3. The molecule has 0 radical (unpaired) electrons. The maximum Gasteiger partial charge on any atom is 0.270 e. The summed E-state index contributed by atoms with van der Waals surface area (Å²) in [6, 6.07) is 24.0. The highest BCUT2D eigenvalue weighted by Crippen LogP contribution is 2.24. The van der Waals surface area contributed by atoms with Crippen LogP contribution in [0.2, 0.25) is 5.02 Å². The molecule has 0 atom stereocenters. The molecule has 0 unspecified atom stereocenters. The van der Waals surface area contributed by atoms with Crippen LogP contribution in [0.25, 0.3) is 5.57 Å². The van der Waals surface area contributed by atoms with Crippen molar-refractivity contribution in [1.82, 2.24) is 19.8 Å². The number of nitrogens with one attached hydrogen (secondary N) is 2. The minimum absolute atomic E-state index is 0.000478. The van der Waals surface area contributed by atoms with Crippen LogP contribution in [0.4, 0.5) is 0 Å². The van der Waals surface area contributed by atoms with Gasteiger partial charge in [-0.3, -0.25) is 9.59 Å². The van der Waals surface area contributed by atoms with Crippen LogP contribution in [0.1, 0.15) is 37.0 Å². The topological polar surface area (TPSA) is 98.8 Å². The van der Waals surface area contributed by atoms with Gasteiger partial charge in [-0.05, 0) is 61.6 Å². The van der Waals surface area contributed by atoms with E-state index >= 15 is 0 Å². The summed E-state index contributed by atoms with van der Waals surface area (Å²) < 4.78 is 27.8. The second-order valence-electron chi connectivity index (χ2n) is 10.3. The molecule has 1 heterocycles. The van der Waals surface area contributed by atoms with Gasteiger partial charge in [0.1, 0.15) is 10.6 Å². The zero-order chi connectivity index (χ0) is 31.4. The number of aryl methyl sites for hydroxylation is 2. The molecule has 0 aromatic heterocycles. The standard InChI is InChI=1S/C25H31ClN4O4S.C8H10/c1-19(21-9-4-3-5-10-21)24(25(32)29-17-14-27-15-18-29)30(20(2)31)16-8-13-28-35(33,34)23-12-7-6-11-22(23)26;1-7-5-3-4-6-8(7)2/h3-7,9-12,27-28H,8,13-18H2,1-2H3;3-6H,1-2H3/b24-19+;. The third-order valence-electron chi connectivity index (χ3n) is 7.22. The number of hydrogen-bond donors (Lipinski definition) is 2. The minimum Gasteiger partial charge on any atom is -0.335 e. The van der Waals surface area contributed by atoms with Gasteiger partial charge in [-0.2, -0.15) is 0 Å². The number of nitrogens with zero attached hydrogens (tertiary/aromatic N) is 2. The van der Waals surface area contributed by atoms with Crippen LogP contribution in [0.15, 0.2) is 89.5 Å². The molecule has 1 saturated heterocycles. The predicted octanol–water partition coefficient (Wildman–Crippen LogP) is 5.02. The Kier molecular flexibility index (Phi) is 12.9. The summed E-state index contributed by atoms with van der Waals surface area (Å²) in [7, 11) is -3.80. The molecule has 43 heavy (non-hydrogen) atoms. The molecule has 0 bridgehead atoms. The Morgan fingerprint density at radius 1 is 0.884 bits per heavy atom. The van der Waals surface area contributed by atoms with Crippen LogP contribution in [0, 0.1) is 13.8 Å². The number of piperazine rings is 1. The maximum atomic E-state index is 13.6. The van der Waals surface area contributed by atoms with E-state index in [0.717, 1.165) is 5.56 Å². The molecular weight excluding hydrogens is 584 g/mol. The van der Waals surface area contributed by atoms with Crippen molar-refractivity contribution in [3.63, 3.8) is 0 Å². The highest BCUT2D eigenvalue weighted by Gasteiger charge is 2.29. The van der Waals surface area contributed by atoms with Gasteiger partial charge in [0.05, 0.1) is 5.02 Å². The monoisotopic (exact) mass is 624 g/mol. The molecule has 1 fully saturated rings. The molecule has 0 saturated carbocycles. The molecule has 1 aliphatic rings. The molecule has 230 valence electrons. The molecule has 3 aromatic carbocycles. The lowest BCUT2D eigenvalue weighted by Gasteiger charge is -2.33. The number of carbonyl (C=O) groups is 2. The van der Waals surface area contributed by atoms with E-state index in [1.165, 1.54) is 35.1 Å². The number of benzene rings is 3. The summed E-state index contributed by atoms with van der Waals surface area (Å²) in [4.78, 5) is 29.5. The highest BCUT2D eigenvalue weighted by atomic mass is 35.5. The average Bonchev–Trinajstić information content (AvgIpc) is 3.01. The summed E-state index contributed by atoms with van der Waals surface area (Å²) in [5.41, 5.74) is 4.59. The third-order valence-corrected chi connectivity index (χ3v) is 9.18. The Morgan fingerprint density at radius 2 is 1.44 bits per heavy atom. The van der Waals surface area contributed by atoms with Crippen LogP contribution in [-0.4, -0.2) is 69.3 Å². The van der Waals surface area contributed by atoms with Gasteiger partial charge in [0.2, 0.25) is 15.9 Å². The molecular formula is C33H41ClN4O4S. The molecule has 10 heteroatoms. The van der Waals surface area contributed by atoms with Gasteiger partial charge >= 0.3 is 0 Å². The molecule has 4 rings (SSSR count). The van der Waals surface area contributed by atoms with Crippen LogP contribution in [0.5, 0.6) is 0 Å². The van der Waals surface area contributed by atoms with Crippen molar-refractivity contribution in [1.29, 1.82) is 0 Å². The van der Waals surface area contributed by atoms with Crippen LogP contribution in [0.3, 0.4) is 0 Å². The number of sulfonamides is 1. The fraction of sp³-hybridized carbons (Fsp3) is 0.333. The predicted molar refractivity (Wildman–Crippen MR) is 173 cm³/mol. The highest BCUT2D eigenvalue weighted by molar-refractivity contribution is 7.89. The third kappa shape index (κ3) is 9.76. The van der Waals surface area contributed by atoms with Gasteiger partial charge in [0, 0.05) is 46.2 Å². The molecule has 0 aliphatic carbocycles. The lowest BCUT2D eigenvalue weighted by molar-refractivity contribution is -0.135. The van der Waals surface area contributed by atoms with Crippen LogP contribution in [-0.2, 0) is 19.6 Å². The normalized spacial score (nSPS) is 13.8. The van der Waals surface area contributed by atoms with Gasteiger partial charge in [-0.25, -0.2) is 13.1 Å². The molecule has 3 aromatic rings. The first-order valence-electron chi connectivity index (χ1n) is 14.3. The Hall–Kier alpha value is -3.50. The van der Waals surface area contributed by atoms with Gasteiger partial charge < -0.3 is 15.1 Å². The van der Waals surface area contributed by atoms with Crippen molar-refractivity contribution in [2.24, 2.45) is 0 Å². The van der Waals surface area contributed by atoms with E-state index in [9.17, 15) is 18.0 Å². The Labute approximate surface area is 260 Å². The van der Waals surface area contributed by atoms with Crippen molar-refractivity contribution in [2.75, 3.05) is 39.3 Å². The van der Waals surface area contributed by atoms with Crippen molar-refractivity contribution in [3.8, 4) is 0 Å².